The van der Waals surface area contributed by atoms with Gasteiger partial charge in [0.15, 0.2) is 0 Å². The van der Waals surface area contributed by atoms with Crippen LogP contribution in [0.2, 0.25) is 0 Å². The molecule has 0 aliphatic heterocycles. The van der Waals surface area contributed by atoms with Crippen LogP contribution >= 0.6 is 0 Å². The summed E-state index contributed by atoms with van der Waals surface area (Å²) in [5.41, 5.74) is 3.08. The zero-order valence-corrected chi connectivity index (χ0v) is 8.87. The number of carbonyl (C=O) groups is 1. The molecular formula is C12H16O2. The first kappa shape index (κ1) is 10.8. The number of benzene rings is 1. The van der Waals surface area contributed by atoms with Gasteiger partial charge in [0.2, 0.25) is 0 Å². The lowest BCUT2D eigenvalue weighted by Crippen LogP contribution is -1.96. The summed E-state index contributed by atoms with van der Waals surface area (Å²) in [4.78, 5) is 10.4. The molecule has 2 nitrogen and oxygen atoms in total. The van der Waals surface area contributed by atoms with Gasteiger partial charge in [0.25, 0.3) is 0 Å². The summed E-state index contributed by atoms with van der Waals surface area (Å²) in [5, 5.41) is 9.70. The number of hydrogen-bond donors (Lipinski definition) is 1. The standard InChI is InChI=1S/C12H16O2/c1-8(4-5-13)11-6-9(2)10(3)7-12(11)14/h5-8,14H,4H2,1-3H3. The van der Waals surface area contributed by atoms with Crippen molar-refractivity contribution in [3.63, 3.8) is 0 Å². The normalized spacial score (nSPS) is 12.5. The minimum Gasteiger partial charge on any atom is -0.508 e. The van der Waals surface area contributed by atoms with Crippen LogP contribution in [-0.2, 0) is 4.79 Å². The van der Waals surface area contributed by atoms with Gasteiger partial charge in [0.1, 0.15) is 12.0 Å². The van der Waals surface area contributed by atoms with Gasteiger partial charge >= 0.3 is 0 Å². The second-order valence-corrected chi connectivity index (χ2v) is 3.80. The zero-order valence-electron chi connectivity index (χ0n) is 8.87. The Hall–Kier alpha value is -1.31. The van der Waals surface area contributed by atoms with Crippen LogP contribution in [-0.4, -0.2) is 11.4 Å². The third-order valence-corrected chi connectivity index (χ3v) is 2.62. The molecule has 0 saturated carbocycles. The predicted octanol–water partition coefficient (Wildman–Crippen LogP) is 2.70. The molecule has 1 aromatic carbocycles. The van der Waals surface area contributed by atoms with Gasteiger partial charge in [0.05, 0.1) is 0 Å². The molecule has 76 valence electrons. The fraction of sp³-hybridized carbons (Fsp3) is 0.417. The summed E-state index contributed by atoms with van der Waals surface area (Å²) in [5.74, 6) is 0.384. The number of aromatic hydroxyl groups is 1. The predicted molar refractivity (Wildman–Crippen MR) is 56.7 cm³/mol. The number of aldehydes is 1. The lowest BCUT2D eigenvalue weighted by molar-refractivity contribution is -0.108. The van der Waals surface area contributed by atoms with E-state index in [0.717, 1.165) is 23.0 Å². The van der Waals surface area contributed by atoms with Crippen molar-refractivity contribution >= 4 is 6.29 Å². The number of phenols is 1. The van der Waals surface area contributed by atoms with E-state index in [4.69, 9.17) is 0 Å². The van der Waals surface area contributed by atoms with Crippen molar-refractivity contribution in [2.45, 2.75) is 33.1 Å². The number of aryl methyl sites for hydroxylation is 2. The second-order valence-electron chi connectivity index (χ2n) is 3.80. The quantitative estimate of drug-likeness (QED) is 0.747. The highest BCUT2D eigenvalue weighted by Crippen LogP contribution is 2.29. The molecule has 0 bridgehead atoms. The van der Waals surface area contributed by atoms with Crippen LogP contribution in [0.25, 0.3) is 0 Å². The van der Waals surface area contributed by atoms with Crippen molar-refractivity contribution in [1.82, 2.24) is 0 Å². The van der Waals surface area contributed by atoms with Gasteiger partial charge in [-0.05, 0) is 42.5 Å². The monoisotopic (exact) mass is 192 g/mol. The SMILES string of the molecule is Cc1cc(O)c(C(C)CC=O)cc1C. The molecule has 1 atom stereocenters. The van der Waals surface area contributed by atoms with Crippen LogP contribution in [0.5, 0.6) is 5.75 Å². The van der Waals surface area contributed by atoms with Crippen LogP contribution in [0, 0.1) is 13.8 Å². The summed E-state index contributed by atoms with van der Waals surface area (Å²) in [6, 6.07) is 3.71. The maximum Gasteiger partial charge on any atom is 0.120 e. The first-order valence-corrected chi connectivity index (χ1v) is 4.80. The Morgan fingerprint density at radius 2 is 1.93 bits per heavy atom. The first-order valence-electron chi connectivity index (χ1n) is 4.80. The molecule has 0 aromatic heterocycles. The molecule has 0 heterocycles. The fourth-order valence-electron chi connectivity index (χ4n) is 1.49. The molecule has 14 heavy (non-hydrogen) atoms. The third kappa shape index (κ3) is 2.13. The average Bonchev–Trinajstić information content (AvgIpc) is 2.11. The van der Waals surface area contributed by atoms with E-state index >= 15 is 0 Å². The maximum absolute atomic E-state index is 10.4. The van der Waals surface area contributed by atoms with Crippen LogP contribution in [0.3, 0.4) is 0 Å². The molecule has 0 aliphatic carbocycles. The van der Waals surface area contributed by atoms with Crippen LogP contribution in [0.4, 0.5) is 0 Å². The van der Waals surface area contributed by atoms with Crippen molar-refractivity contribution in [3.05, 3.63) is 28.8 Å². The summed E-state index contributed by atoms with van der Waals surface area (Å²) in [6.07, 6.45) is 1.34. The summed E-state index contributed by atoms with van der Waals surface area (Å²) >= 11 is 0. The summed E-state index contributed by atoms with van der Waals surface area (Å²) in [7, 11) is 0. The molecule has 0 amide bonds. The maximum atomic E-state index is 10.4. The molecule has 0 saturated heterocycles. The van der Waals surface area contributed by atoms with Gasteiger partial charge in [-0.2, -0.15) is 0 Å². The Bertz CT molecular complexity index is 342. The van der Waals surface area contributed by atoms with Crippen molar-refractivity contribution in [3.8, 4) is 5.75 Å². The largest absolute Gasteiger partial charge is 0.508 e. The number of carbonyl (C=O) groups excluding carboxylic acids is 1. The topological polar surface area (TPSA) is 37.3 Å². The summed E-state index contributed by atoms with van der Waals surface area (Å²) in [6.45, 7) is 5.91. The van der Waals surface area contributed by atoms with E-state index < -0.39 is 0 Å². The molecule has 1 unspecified atom stereocenters. The lowest BCUT2D eigenvalue weighted by Gasteiger charge is -2.13. The zero-order chi connectivity index (χ0) is 10.7. The molecule has 0 fully saturated rings. The van der Waals surface area contributed by atoms with E-state index in [0.29, 0.717) is 12.2 Å². The minimum atomic E-state index is 0.0896. The summed E-state index contributed by atoms with van der Waals surface area (Å²) < 4.78 is 0. The van der Waals surface area contributed by atoms with E-state index in [1.807, 2.05) is 26.8 Å². The van der Waals surface area contributed by atoms with Crippen LogP contribution in [0.15, 0.2) is 12.1 Å². The molecule has 1 N–H and O–H groups in total. The van der Waals surface area contributed by atoms with E-state index in [1.165, 1.54) is 0 Å². The lowest BCUT2D eigenvalue weighted by atomic mass is 9.94. The molecule has 0 radical (unpaired) electrons. The molecule has 1 rings (SSSR count). The van der Waals surface area contributed by atoms with E-state index in [-0.39, 0.29) is 5.92 Å². The highest BCUT2D eigenvalue weighted by Gasteiger charge is 2.11. The molecule has 2 heteroatoms. The smallest absolute Gasteiger partial charge is 0.120 e. The highest BCUT2D eigenvalue weighted by molar-refractivity contribution is 5.53. The Morgan fingerprint density at radius 3 is 2.50 bits per heavy atom. The van der Waals surface area contributed by atoms with E-state index in [2.05, 4.69) is 0 Å². The highest BCUT2D eigenvalue weighted by atomic mass is 16.3. The van der Waals surface area contributed by atoms with Crippen molar-refractivity contribution in [2.75, 3.05) is 0 Å². The Balaban J connectivity index is 3.08. The Kier molecular flexibility index (Phi) is 3.28. The Labute approximate surface area is 84.6 Å². The molecule has 0 aliphatic rings. The number of phenolic OH excluding ortho intramolecular Hbond substituents is 1. The van der Waals surface area contributed by atoms with Crippen LogP contribution < -0.4 is 0 Å². The van der Waals surface area contributed by atoms with Crippen molar-refractivity contribution < 1.29 is 9.90 Å². The van der Waals surface area contributed by atoms with Crippen molar-refractivity contribution in [2.24, 2.45) is 0 Å². The van der Waals surface area contributed by atoms with Crippen LogP contribution in [0.1, 0.15) is 36.0 Å². The Morgan fingerprint density at radius 1 is 1.36 bits per heavy atom. The first-order chi connectivity index (χ1) is 6.56. The molecule has 1 aromatic rings. The molecular weight excluding hydrogens is 176 g/mol. The van der Waals surface area contributed by atoms with Gasteiger partial charge < -0.3 is 9.90 Å². The minimum absolute atomic E-state index is 0.0896. The third-order valence-electron chi connectivity index (χ3n) is 2.62. The van der Waals surface area contributed by atoms with E-state index in [9.17, 15) is 9.90 Å². The van der Waals surface area contributed by atoms with Gasteiger partial charge in [0, 0.05) is 6.42 Å². The van der Waals surface area contributed by atoms with Gasteiger partial charge in [-0.3, -0.25) is 0 Å². The van der Waals surface area contributed by atoms with Gasteiger partial charge in [-0.25, -0.2) is 0 Å². The number of rotatable bonds is 3. The average molecular weight is 192 g/mol. The van der Waals surface area contributed by atoms with Crippen molar-refractivity contribution in [1.29, 1.82) is 0 Å². The van der Waals surface area contributed by atoms with Gasteiger partial charge in [-0.15, -0.1) is 0 Å². The molecule has 0 spiro atoms. The number of hydrogen-bond acceptors (Lipinski definition) is 2. The van der Waals surface area contributed by atoms with E-state index in [1.54, 1.807) is 6.07 Å². The van der Waals surface area contributed by atoms with Gasteiger partial charge in [-0.1, -0.05) is 13.0 Å². The second kappa shape index (κ2) is 4.27. The fourth-order valence-corrected chi connectivity index (χ4v) is 1.49.